The van der Waals surface area contributed by atoms with Crippen LogP contribution in [0.2, 0.25) is 0 Å². The minimum atomic E-state index is -0.194. The number of nitrogens with one attached hydrogen (secondary N) is 2. The van der Waals surface area contributed by atoms with Gasteiger partial charge in [-0.25, -0.2) is 0 Å². The average molecular weight is 281 g/mol. The van der Waals surface area contributed by atoms with E-state index in [9.17, 15) is 9.59 Å². The Kier molecular flexibility index (Phi) is 5.83. The zero-order valence-electron chi connectivity index (χ0n) is 12.2. The van der Waals surface area contributed by atoms with Gasteiger partial charge in [-0.1, -0.05) is 0 Å². The molecule has 0 aromatic heterocycles. The molecule has 2 fully saturated rings. The summed E-state index contributed by atoms with van der Waals surface area (Å²) >= 11 is 0. The Morgan fingerprint density at radius 1 is 1.05 bits per heavy atom. The quantitative estimate of drug-likeness (QED) is 0.701. The van der Waals surface area contributed by atoms with E-state index in [1.54, 1.807) is 0 Å². The summed E-state index contributed by atoms with van der Waals surface area (Å²) in [5.74, 6) is 0.692. The van der Waals surface area contributed by atoms with Gasteiger partial charge in [-0.3, -0.25) is 9.59 Å². The lowest BCUT2D eigenvalue weighted by Gasteiger charge is -2.28. The number of hydrogen-bond acceptors (Lipinski definition) is 3. The maximum atomic E-state index is 12.0. The van der Waals surface area contributed by atoms with E-state index < -0.39 is 0 Å². The number of amides is 2. The molecule has 114 valence electrons. The molecule has 1 heterocycles. The summed E-state index contributed by atoms with van der Waals surface area (Å²) in [4.78, 5) is 23.0. The van der Waals surface area contributed by atoms with E-state index in [-0.39, 0.29) is 23.8 Å². The highest BCUT2D eigenvalue weighted by molar-refractivity contribution is 5.77. The lowest BCUT2D eigenvalue weighted by Crippen LogP contribution is -2.40. The first-order chi connectivity index (χ1) is 9.65. The third kappa shape index (κ3) is 4.78. The summed E-state index contributed by atoms with van der Waals surface area (Å²) in [6.45, 7) is 2.17. The summed E-state index contributed by atoms with van der Waals surface area (Å²) in [7, 11) is 0. The van der Waals surface area contributed by atoms with Crippen molar-refractivity contribution in [2.24, 2.45) is 17.6 Å². The summed E-state index contributed by atoms with van der Waals surface area (Å²) in [6.07, 6.45) is 7.42. The largest absolute Gasteiger partial charge is 0.369 e. The Labute approximate surface area is 121 Å². The van der Waals surface area contributed by atoms with E-state index in [0.29, 0.717) is 12.3 Å². The van der Waals surface area contributed by atoms with Gasteiger partial charge in [0.2, 0.25) is 11.8 Å². The van der Waals surface area contributed by atoms with E-state index >= 15 is 0 Å². The van der Waals surface area contributed by atoms with Crippen LogP contribution in [0.25, 0.3) is 0 Å². The van der Waals surface area contributed by atoms with Crippen LogP contribution in [-0.4, -0.2) is 30.9 Å². The van der Waals surface area contributed by atoms with Crippen molar-refractivity contribution in [1.82, 2.24) is 10.6 Å². The average Bonchev–Trinajstić information content (AvgIpc) is 2.47. The highest BCUT2D eigenvalue weighted by Crippen LogP contribution is 2.24. The molecule has 0 spiro atoms. The fourth-order valence-corrected chi connectivity index (χ4v) is 3.33. The van der Waals surface area contributed by atoms with Crippen LogP contribution < -0.4 is 16.4 Å². The van der Waals surface area contributed by atoms with Crippen molar-refractivity contribution in [3.8, 4) is 0 Å². The van der Waals surface area contributed by atoms with Crippen LogP contribution in [-0.2, 0) is 9.59 Å². The third-order valence-electron chi connectivity index (χ3n) is 4.73. The smallest absolute Gasteiger partial charge is 0.220 e. The Bertz CT molecular complexity index is 332. The number of primary amides is 1. The van der Waals surface area contributed by atoms with Crippen molar-refractivity contribution in [2.45, 2.75) is 57.4 Å². The van der Waals surface area contributed by atoms with E-state index in [4.69, 9.17) is 5.73 Å². The van der Waals surface area contributed by atoms with Crippen LogP contribution in [0.15, 0.2) is 0 Å². The Morgan fingerprint density at radius 2 is 1.70 bits per heavy atom. The first-order valence-electron chi connectivity index (χ1n) is 7.94. The molecule has 4 N–H and O–H groups in total. The first-order valence-corrected chi connectivity index (χ1v) is 7.94. The lowest BCUT2D eigenvalue weighted by molar-refractivity contribution is -0.123. The number of piperidine rings is 1. The van der Waals surface area contributed by atoms with Gasteiger partial charge < -0.3 is 16.4 Å². The summed E-state index contributed by atoms with van der Waals surface area (Å²) in [6, 6.07) is 0.242. The van der Waals surface area contributed by atoms with Crippen molar-refractivity contribution < 1.29 is 9.59 Å². The van der Waals surface area contributed by atoms with E-state index in [0.717, 1.165) is 45.2 Å². The second kappa shape index (κ2) is 7.62. The van der Waals surface area contributed by atoms with Gasteiger partial charge in [-0.15, -0.1) is 0 Å². The Hall–Kier alpha value is -1.10. The van der Waals surface area contributed by atoms with Crippen LogP contribution in [0, 0.1) is 11.8 Å². The van der Waals surface area contributed by atoms with Crippen LogP contribution in [0.4, 0.5) is 0 Å². The molecule has 1 aliphatic carbocycles. The number of hydrogen-bond donors (Lipinski definition) is 3. The van der Waals surface area contributed by atoms with Gasteiger partial charge >= 0.3 is 0 Å². The molecule has 0 bridgehead atoms. The third-order valence-corrected chi connectivity index (χ3v) is 4.73. The molecule has 5 heteroatoms. The SMILES string of the molecule is NC(=O)C1CCC(NC(=O)CCC2CCNCC2)CC1. The summed E-state index contributed by atoms with van der Waals surface area (Å²) in [5.41, 5.74) is 5.31. The molecular formula is C15H27N3O2. The molecule has 0 aromatic carbocycles. The number of carbonyl (C=O) groups excluding carboxylic acids is 2. The Morgan fingerprint density at radius 3 is 2.30 bits per heavy atom. The molecule has 0 radical (unpaired) electrons. The number of nitrogens with two attached hydrogens (primary N) is 1. The lowest BCUT2D eigenvalue weighted by atomic mass is 9.85. The predicted molar refractivity (Wildman–Crippen MR) is 77.9 cm³/mol. The van der Waals surface area contributed by atoms with Crippen LogP contribution in [0.1, 0.15) is 51.4 Å². The fourth-order valence-electron chi connectivity index (χ4n) is 3.33. The molecule has 20 heavy (non-hydrogen) atoms. The maximum Gasteiger partial charge on any atom is 0.220 e. The number of carbonyl (C=O) groups is 2. The maximum absolute atomic E-state index is 12.0. The highest BCUT2D eigenvalue weighted by Gasteiger charge is 2.25. The fraction of sp³-hybridized carbons (Fsp3) is 0.867. The molecule has 1 saturated carbocycles. The molecule has 5 nitrogen and oxygen atoms in total. The molecule has 0 unspecified atom stereocenters. The van der Waals surface area contributed by atoms with Gasteiger partial charge in [0.05, 0.1) is 0 Å². The van der Waals surface area contributed by atoms with Gasteiger partial charge in [-0.2, -0.15) is 0 Å². The minimum Gasteiger partial charge on any atom is -0.369 e. The molecular weight excluding hydrogens is 254 g/mol. The van der Waals surface area contributed by atoms with Gasteiger partial charge in [0.15, 0.2) is 0 Å². The van der Waals surface area contributed by atoms with Crippen molar-refractivity contribution in [3.63, 3.8) is 0 Å². The molecule has 0 aromatic rings. The monoisotopic (exact) mass is 281 g/mol. The topological polar surface area (TPSA) is 84.2 Å². The van der Waals surface area contributed by atoms with Crippen molar-refractivity contribution >= 4 is 11.8 Å². The molecule has 1 aliphatic heterocycles. The van der Waals surface area contributed by atoms with Gasteiger partial charge in [0.1, 0.15) is 0 Å². The zero-order valence-corrected chi connectivity index (χ0v) is 12.2. The van der Waals surface area contributed by atoms with Crippen LogP contribution in [0.3, 0.4) is 0 Å². The summed E-state index contributed by atoms with van der Waals surface area (Å²) < 4.78 is 0. The number of rotatable bonds is 5. The van der Waals surface area contributed by atoms with E-state index in [1.807, 2.05) is 0 Å². The second-order valence-electron chi connectivity index (χ2n) is 6.25. The molecule has 1 saturated heterocycles. The first kappa shape index (κ1) is 15.3. The van der Waals surface area contributed by atoms with Gasteiger partial charge in [0, 0.05) is 18.4 Å². The zero-order chi connectivity index (χ0) is 14.4. The van der Waals surface area contributed by atoms with Crippen molar-refractivity contribution in [1.29, 1.82) is 0 Å². The molecule has 2 amide bonds. The highest BCUT2D eigenvalue weighted by atomic mass is 16.2. The minimum absolute atomic E-state index is 0.0119. The van der Waals surface area contributed by atoms with E-state index in [1.165, 1.54) is 12.8 Å². The van der Waals surface area contributed by atoms with Crippen LogP contribution >= 0.6 is 0 Å². The van der Waals surface area contributed by atoms with E-state index in [2.05, 4.69) is 10.6 Å². The van der Waals surface area contributed by atoms with Crippen LogP contribution in [0.5, 0.6) is 0 Å². The van der Waals surface area contributed by atoms with Gasteiger partial charge in [-0.05, 0) is 64.0 Å². The standard InChI is InChI=1S/C15H27N3O2/c16-15(20)12-2-4-13(5-3-12)18-14(19)6-1-11-7-9-17-10-8-11/h11-13,17H,1-10H2,(H2,16,20)(H,18,19). The van der Waals surface area contributed by atoms with Gasteiger partial charge in [0.25, 0.3) is 0 Å². The van der Waals surface area contributed by atoms with Crippen molar-refractivity contribution in [3.05, 3.63) is 0 Å². The Balaban J connectivity index is 1.61. The molecule has 0 atom stereocenters. The predicted octanol–water partition coefficient (Wildman–Crippen LogP) is 0.926. The molecule has 2 rings (SSSR count). The second-order valence-corrected chi connectivity index (χ2v) is 6.25. The van der Waals surface area contributed by atoms with Crippen molar-refractivity contribution in [2.75, 3.05) is 13.1 Å². The normalized spacial score (nSPS) is 28.0. The molecule has 2 aliphatic rings. The summed E-state index contributed by atoms with van der Waals surface area (Å²) in [5, 5.41) is 6.45.